The molecular weight excluding hydrogens is 302 g/mol. The highest BCUT2D eigenvalue weighted by atomic mass is 32.1. The average molecular weight is 323 g/mol. The van der Waals surface area contributed by atoms with Crippen molar-refractivity contribution in [3.63, 3.8) is 0 Å². The molecule has 2 heterocycles. The highest BCUT2D eigenvalue weighted by Crippen LogP contribution is 2.23. The van der Waals surface area contributed by atoms with Gasteiger partial charge in [-0.3, -0.25) is 10.1 Å². The van der Waals surface area contributed by atoms with Crippen LogP contribution in [-0.4, -0.2) is 17.4 Å². The Morgan fingerprint density at radius 3 is 2.76 bits per heavy atom. The molecule has 0 aromatic carbocycles. The standard InChI is InChI=1S/C15H21N3OS2/c1-10-9-21-14(17-10)15(3,4)16-8-13(19)18-11(2)12-6-5-7-20-12/h5-7,9,11,16H,8H2,1-4H3,(H,18,19). The van der Waals surface area contributed by atoms with Crippen LogP contribution >= 0.6 is 22.7 Å². The fraction of sp³-hybridized carbons (Fsp3) is 0.467. The predicted octanol–water partition coefficient (Wildman–Crippen LogP) is 3.22. The van der Waals surface area contributed by atoms with Crippen molar-refractivity contribution in [2.45, 2.75) is 39.3 Å². The normalized spacial score (nSPS) is 13.1. The second kappa shape index (κ2) is 6.68. The Morgan fingerprint density at radius 2 is 2.19 bits per heavy atom. The molecule has 0 aliphatic heterocycles. The first-order chi connectivity index (χ1) is 9.88. The number of carbonyl (C=O) groups is 1. The van der Waals surface area contributed by atoms with E-state index in [0.29, 0.717) is 0 Å². The smallest absolute Gasteiger partial charge is 0.234 e. The zero-order chi connectivity index (χ0) is 15.5. The first-order valence-electron chi connectivity index (χ1n) is 6.89. The van der Waals surface area contributed by atoms with Gasteiger partial charge >= 0.3 is 0 Å². The Kier molecular flexibility index (Phi) is 5.13. The number of amides is 1. The van der Waals surface area contributed by atoms with Gasteiger partial charge in [0.25, 0.3) is 0 Å². The lowest BCUT2D eigenvalue weighted by Gasteiger charge is -2.24. The van der Waals surface area contributed by atoms with Crippen molar-refractivity contribution in [2.24, 2.45) is 0 Å². The summed E-state index contributed by atoms with van der Waals surface area (Å²) >= 11 is 3.27. The lowest BCUT2D eigenvalue weighted by atomic mass is 10.1. The summed E-state index contributed by atoms with van der Waals surface area (Å²) < 4.78 is 0. The van der Waals surface area contributed by atoms with Crippen molar-refractivity contribution in [1.29, 1.82) is 0 Å². The molecule has 0 fully saturated rings. The van der Waals surface area contributed by atoms with E-state index in [-0.39, 0.29) is 24.0 Å². The summed E-state index contributed by atoms with van der Waals surface area (Å²) in [5, 5.41) is 11.3. The predicted molar refractivity (Wildman–Crippen MR) is 88.8 cm³/mol. The number of nitrogens with zero attached hydrogens (tertiary/aromatic N) is 1. The molecule has 21 heavy (non-hydrogen) atoms. The van der Waals surface area contributed by atoms with Crippen LogP contribution in [0, 0.1) is 6.92 Å². The molecule has 0 spiro atoms. The number of carbonyl (C=O) groups excluding carboxylic acids is 1. The van der Waals surface area contributed by atoms with Crippen LogP contribution in [-0.2, 0) is 10.3 Å². The number of hydrogen-bond acceptors (Lipinski definition) is 5. The van der Waals surface area contributed by atoms with Gasteiger partial charge in [0.05, 0.1) is 18.1 Å². The Bertz CT molecular complexity index is 590. The van der Waals surface area contributed by atoms with Gasteiger partial charge in [-0.1, -0.05) is 6.07 Å². The van der Waals surface area contributed by atoms with E-state index in [2.05, 4.69) is 15.6 Å². The van der Waals surface area contributed by atoms with Crippen LogP contribution in [0.2, 0.25) is 0 Å². The molecule has 1 atom stereocenters. The summed E-state index contributed by atoms with van der Waals surface area (Å²) in [6, 6.07) is 4.07. The van der Waals surface area contributed by atoms with Crippen LogP contribution in [0.15, 0.2) is 22.9 Å². The van der Waals surface area contributed by atoms with Crippen molar-refractivity contribution >= 4 is 28.6 Å². The van der Waals surface area contributed by atoms with Crippen LogP contribution in [0.4, 0.5) is 0 Å². The fourth-order valence-corrected chi connectivity index (χ4v) is 3.55. The molecule has 114 valence electrons. The van der Waals surface area contributed by atoms with E-state index in [1.54, 1.807) is 22.7 Å². The van der Waals surface area contributed by atoms with Gasteiger partial charge in [-0.15, -0.1) is 22.7 Å². The minimum Gasteiger partial charge on any atom is -0.348 e. The number of thiophene rings is 1. The Labute approximate surface area is 133 Å². The molecule has 0 aliphatic rings. The zero-order valence-electron chi connectivity index (χ0n) is 12.8. The summed E-state index contributed by atoms with van der Waals surface area (Å²) in [4.78, 5) is 17.7. The van der Waals surface area contributed by atoms with E-state index in [9.17, 15) is 4.79 Å². The minimum atomic E-state index is -0.303. The van der Waals surface area contributed by atoms with E-state index in [0.717, 1.165) is 15.6 Å². The summed E-state index contributed by atoms with van der Waals surface area (Å²) in [7, 11) is 0. The summed E-state index contributed by atoms with van der Waals surface area (Å²) in [5.41, 5.74) is 0.711. The molecule has 2 rings (SSSR count). The molecule has 1 amide bonds. The third-order valence-electron chi connectivity index (χ3n) is 3.19. The Balaban J connectivity index is 1.86. The fourth-order valence-electron chi connectivity index (χ4n) is 1.92. The van der Waals surface area contributed by atoms with Gasteiger partial charge in [0.15, 0.2) is 0 Å². The minimum absolute atomic E-state index is 0.00254. The molecule has 4 nitrogen and oxygen atoms in total. The van der Waals surface area contributed by atoms with E-state index in [4.69, 9.17) is 0 Å². The molecule has 6 heteroatoms. The Hall–Kier alpha value is -1.24. The second-order valence-corrected chi connectivity index (χ2v) is 7.41. The highest BCUT2D eigenvalue weighted by Gasteiger charge is 2.24. The van der Waals surface area contributed by atoms with Gasteiger partial charge in [-0.25, -0.2) is 4.98 Å². The SMILES string of the molecule is Cc1csc(C(C)(C)NCC(=O)NC(C)c2cccs2)n1. The monoisotopic (exact) mass is 323 g/mol. The largest absolute Gasteiger partial charge is 0.348 e. The maximum atomic E-state index is 12.0. The lowest BCUT2D eigenvalue weighted by Crippen LogP contribution is -2.43. The van der Waals surface area contributed by atoms with Crippen molar-refractivity contribution in [3.8, 4) is 0 Å². The summed E-state index contributed by atoms with van der Waals surface area (Å²) in [6.07, 6.45) is 0. The zero-order valence-corrected chi connectivity index (χ0v) is 14.4. The lowest BCUT2D eigenvalue weighted by molar-refractivity contribution is -0.121. The second-order valence-electron chi connectivity index (χ2n) is 5.58. The van der Waals surface area contributed by atoms with Gasteiger partial charge in [-0.2, -0.15) is 0 Å². The van der Waals surface area contributed by atoms with E-state index in [1.807, 2.05) is 50.6 Å². The van der Waals surface area contributed by atoms with Gasteiger partial charge in [-0.05, 0) is 39.1 Å². The van der Waals surface area contributed by atoms with Gasteiger partial charge in [0.2, 0.25) is 5.91 Å². The first kappa shape index (κ1) is 16.1. The van der Waals surface area contributed by atoms with Crippen LogP contribution in [0.1, 0.15) is 42.4 Å². The number of rotatable bonds is 6. The first-order valence-corrected chi connectivity index (χ1v) is 8.65. The molecule has 1 unspecified atom stereocenters. The molecule has 2 aromatic heterocycles. The van der Waals surface area contributed by atoms with E-state index in [1.165, 1.54) is 0 Å². The summed E-state index contributed by atoms with van der Waals surface area (Å²) in [5.74, 6) is -0.00254. The maximum absolute atomic E-state index is 12.0. The third-order valence-corrected chi connectivity index (χ3v) is 5.53. The quantitative estimate of drug-likeness (QED) is 0.858. The Morgan fingerprint density at radius 1 is 1.43 bits per heavy atom. The average Bonchev–Trinajstić information content (AvgIpc) is 3.07. The summed E-state index contributed by atoms with van der Waals surface area (Å²) in [6.45, 7) is 8.34. The number of aryl methyl sites for hydroxylation is 1. The molecule has 0 saturated carbocycles. The number of nitrogens with one attached hydrogen (secondary N) is 2. The molecular formula is C15H21N3OS2. The molecule has 0 aliphatic carbocycles. The van der Waals surface area contributed by atoms with E-state index < -0.39 is 0 Å². The molecule has 2 aromatic rings. The molecule has 2 N–H and O–H groups in total. The van der Waals surface area contributed by atoms with Crippen molar-refractivity contribution in [2.75, 3.05) is 6.54 Å². The van der Waals surface area contributed by atoms with Gasteiger partial charge in [0, 0.05) is 16.0 Å². The van der Waals surface area contributed by atoms with Crippen molar-refractivity contribution < 1.29 is 4.79 Å². The van der Waals surface area contributed by atoms with Crippen LogP contribution < -0.4 is 10.6 Å². The number of hydrogen-bond donors (Lipinski definition) is 2. The molecule has 0 bridgehead atoms. The van der Waals surface area contributed by atoms with Gasteiger partial charge in [0.1, 0.15) is 5.01 Å². The topological polar surface area (TPSA) is 54.0 Å². The van der Waals surface area contributed by atoms with Crippen molar-refractivity contribution in [1.82, 2.24) is 15.6 Å². The number of thiazole rings is 1. The van der Waals surface area contributed by atoms with E-state index >= 15 is 0 Å². The maximum Gasteiger partial charge on any atom is 0.234 e. The highest BCUT2D eigenvalue weighted by molar-refractivity contribution is 7.10. The third kappa shape index (κ3) is 4.36. The number of aromatic nitrogens is 1. The van der Waals surface area contributed by atoms with Crippen LogP contribution in [0.25, 0.3) is 0 Å². The van der Waals surface area contributed by atoms with Gasteiger partial charge < -0.3 is 5.32 Å². The van der Waals surface area contributed by atoms with Crippen molar-refractivity contribution in [3.05, 3.63) is 38.5 Å². The molecule has 0 saturated heterocycles. The van der Waals surface area contributed by atoms with Crippen LogP contribution in [0.5, 0.6) is 0 Å². The van der Waals surface area contributed by atoms with Crippen LogP contribution in [0.3, 0.4) is 0 Å². The molecule has 0 radical (unpaired) electrons.